The van der Waals surface area contributed by atoms with E-state index in [1.807, 2.05) is 60.7 Å². The molecule has 0 heterocycles. The van der Waals surface area contributed by atoms with Crippen LogP contribution < -0.4 is 5.32 Å². The molecule has 1 aliphatic carbocycles. The van der Waals surface area contributed by atoms with Gasteiger partial charge in [-0.25, -0.2) is 0 Å². The van der Waals surface area contributed by atoms with Crippen LogP contribution in [0.15, 0.2) is 72.8 Å². The van der Waals surface area contributed by atoms with Crippen molar-refractivity contribution in [1.29, 1.82) is 0 Å². The molecule has 0 aliphatic heterocycles. The molecule has 2 aromatic rings. The maximum Gasteiger partial charge on any atom is 0.220 e. The van der Waals surface area contributed by atoms with Crippen LogP contribution in [0.4, 0.5) is 0 Å². The maximum absolute atomic E-state index is 12.8. The zero-order chi connectivity index (χ0) is 23.5. The highest BCUT2D eigenvalue weighted by molar-refractivity contribution is 6.17. The van der Waals surface area contributed by atoms with Crippen LogP contribution in [-0.4, -0.2) is 47.5 Å². The lowest BCUT2D eigenvalue weighted by Crippen LogP contribution is -2.58. The van der Waals surface area contributed by atoms with E-state index in [-0.39, 0.29) is 32.1 Å². The quantitative estimate of drug-likeness (QED) is 0.366. The van der Waals surface area contributed by atoms with Crippen molar-refractivity contribution in [3.63, 3.8) is 0 Å². The molecule has 0 bridgehead atoms. The highest BCUT2D eigenvalue weighted by Gasteiger charge is 2.50. The Morgan fingerprint density at radius 2 is 1.67 bits per heavy atom. The second-order valence-corrected chi connectivity index (χ2v) is 8.48. The van der Waals surface area contributed by atoms with Crippen molar-refractivity contribution < 1.29 is 24.2 Å². The fraction of sp³-hybridized carbons (Fsp3) is 0.385. The second kappa shape index (κ2) is 12.7. The van der Waals surface area contributed by atoms with Crippen LogP contribution in [0, 0.1) is 5.92 Å². The summed E-state index contributed by atoms with van der Waals surface area (Å²) in [4.78, 5) is 25.3. The minimum absolute atomic E-state index is 0.0759. The highest BCUT2D eigenvalue weighted by atomic mass is 35.5. The Balaban J connectivity index is 1.74. The fourth-order valence-corrected chi connectivity index (χ4v) is 3.91. The summed E-state index contributed by atoms with van der Waals surface area (Å²) in [5, 5.41) is 14.3. The van der Waals surface area contributed by atoms with Crippen molar-refractivity contribution in [2.45, 2.75) is 37.8 Å². The minimum atomic E-state index is -1.90. The van der Waals surface area contributed by atoms with Crippen LogP contribution >= 0.6 is 11.6 Å². The van der Waals surface area contributed by atoms with Crippen molar-refractivity contribution in [1.82, 2.24) is 5.32 Å². The van der Waals surface area contributed by atoms with Gasteiger partial charge in [0, 0.05) is 24.8 Å². The summed E-state index contributed by atoms with van der Waals surface area (Å²) in [6.07, 6.45) is 2.77. The number of aliphatic hydroxyl groups is 1. The zero-order valence-corrected chi connectivity index (χ0v) is 19.2. The number of hydrogen-bond acceptors (Lipinski definition) is 5. The number of rotatable bonds is 12. The smallest absolute Gasteiger partial charge is 0.220 e. The average molecular weight is 472 g/mol. The van der Waals surface area contributed by atoms with Gasteiger partial charge in [0.25, 0.3) is 0 Å². The van der Waals surface area contributed by atoms with Crippen LogP contribution in [0.1, 0.15) is 24.0 Å². The van der Waals surface area contributed by atoms with Gasteiger partial charge in [-0.3, -0.25) is 9.59 Å². The fourth-order valence-electron chi connectivity index (χ4n) is 3.78. The van der Waals surface area contributed by atoms with E-state index in [1.165, 1.54) is 6.08 Å². The van der Waals surface area contributed by atoms with Crippen LogP contribution in [-0.2, 0) is 32.3 Å². The van der Waals surface area contributed by atoms with Gasteiger partial charge in [-0.05, 0) is 23.6 Å². The number of ether oxygens (including phenoxy) is 2. The van der Waals surface area contributed by atoms with Crippen molar-refractivity contribution in [3.8, 4) is 0 Å². The van der Waals surface area contributed by atoms with E-state index >= 15 is 0 Å². The average Bonchev–Trinajstić information content (AvgIpc) is 2.83. The molecule has 2 aromatic carbocycles. The van der Waals surface area contributed by atoms with Gasteiger partial charge in [0.1, 0.15) is 6.10 Å². The molecular weight excluding hydrogens is 442 g/mol. The Bertz CT molecular complexity index is 921. The molecule has 6 nitrogen and oxygen atoms in total. The van der Waals surface area contributed by atoms with Gasteiger partial charge in [0.05, 0.1) is 19.8 Å². The first-order valence-electron chi connectivity index (χ1n) is 11.1. The number of hydrogen-bond donors (Lipinski definition) is 2. The van der Waals surface area contributed by atoms with Crippen molar-refractivity contribution in [3.05, 3.63) is 83.9 Å². The lowest BCUT2D eigenvalue weighted by molar-refractivity contribution is -0.179. The van der Waals surface area contributed by atoms with Crippen LogP contribution in [0.5, 0.6) is 0 Å². The molecule has 1 amide bonds. The lowest BCUT2D eigenvalue weighted by Gasteiger charge is -2.40. The van der Waals surface area contributed by atoms with E-state index in [9.17, 15) is 14.7 Å². The SMILES string of the molecule is O=C(C[C@H]1C=CC(=O)[C@](O)(COCc2ccccc2)[C@@H]1OCc1ccccc1)NCCCCl. The number of carbonyl (C=O) groups is 2. The summed E-state index contributed by atoms with van der Waals surface area (Å²) in [7, 11) is 0. The third-order valence-corrected chi connectivity index (χ3v) is 5.81. The standard InChI is InChI=1S/C26H30ClNO5/c27-14-7-15-28-24(30)16-22-12-13-23(29)26(31,19-32-17-20-8-3-1-4-9-20)25(22)33-18-21-10-5-2-6-11-21/h1-6,8-13,22,25,31H,7,14-19H2,(H,28,30)/t22-,25-,26-/m1/s1. The summed E-state index contributed by atoms with van der Waals surface area (Å²) >= 11 is 5.68. The molecule has 3 rings (SSSR count). The molecule has 3 atom stereocenters. The number of carbonyl (C=O) groups excluding carboxylic acids is 2. The molecule has 7 heteroatoms. The summed E-state index contributed by atoms with van der Waals surface area (Å²) in [5.41, 5.74) is -0.0754. The zero-order valence-electron chi connectivity index (χ0n) is 18.5. The Kier molecular flexibility index (Phi) is 9.63. The third kappa shape index (κ3) is 7.24. The number of alkyl halides is 1. The molecule has 33 heavy (non-hydrogen) atoms. The monoisotopic (exact) mass is 471 g/mol. The molecule has 0 spiro atoms. The number of halogens is 1. The molecule has 1 aliphatic rings. The number of ketones is 1. The van der Waals surface area contributed by atoms with Crippen molar-refractivity contribution in [2.24, 2.45) is 5.92 Å². The Labute approximate surface area is 199 Å². The van der Waals surface area contributed by atoms with Gasteiger partial charge in [-0.15, -0.1) is 11.6 Å². The topological polar surface area (TPSA) is 84.9 Å². The molecule has 0 saturated heterocycles. The van der Waals surface area contributed by atoms with Crippen LogP contribution in [0.3, 0.4) is 0 Å². The molecule has 0 aromatic heterocycles. The summed E-state index contributed by atoms with van der Waals surface area (Å²) in [5.74, 6) is -0.718. The summed E-state index contributed by atoms with van der Waals surface area (Å²) < 4.78 is 11.8. The normalized spacial score (nSPS) is 22.3. The van der Waals surface area contributed by atoms with Gasteiger partial charge >= 0.3 is 0 Å². The predicted molar refractivity (Wildman–Crippen MR) is 127 cm³/mol. The predicted octanol–water partition coefficient (Wildman–Crippen LogP) is 3.41. The van der Waals surface area contributed by atoms with Crippen LogP contribution in [0.25, 0.3) is 0 Å². The number of benzene rings is 2. The molecule has 0 saturated carbocycles. The Hall–Kier alpha value is -2.51. The van der Waals surface area contributed by atoms with E-state index in [1.54, 1.807) is 6.08 Å². The van der Waals surface area contributed by atoms with Gasteiger partial charge in [-0.2, -0.15) is 0 Å². The molecule has 2 N–H and O–H groups in total. The first kappa shape index (κ1) is 25.1. The summed E-state index contributed by atoms with van der Waals surface area (Å²) in [6.45, 7) is 0.666. The molecule has 0 fully saturated rings. The van der Waals surface area contributed by atoms with Crippen molar-refractivity contribution in [2.75, 3.05) is 19.0 Å². The van der Waals surface area contributed by atoms with Gasteiger partial charge in [-0.1, -0.05) is 66.7 Å². The number of nitrogens with one attached hydrogen (secondary N) is 1. The first-order chi connectivity index (χ1) is 16.0. The van der Waals surface area contributed by atoms with E-state index < -0.39 is 23.4 Å². The largest absolute Gasteiger partial charge is 0.377 e. The van der Waals surface area contributed by atoms with E-state index in [0.29, 0.717) is 18.8 Å². The lowest BCUT2D eigenvalue weighted by atomic mass is 9.77. The Morgan fingerprint density at radius 3 is 2.30 bits per heavy atom. The van der Waals surface area contributed by atoms with Gasteiger partial charge < -0.3 is 19.9 Å². The highest BCUT2D eigenvalue weighted by Crippen LogP contribution is 2.32. The van der Waals surface area contributed by atoms with Crippen molar-refractivity contribution >= 4 is 23.3 Å². The molecule has 0 unspecified atom stereocenters. The summed E-state index contributed by atoms with van der Waals surface area (Å²) in [6, 6.07) is 19.0. The minimum Gasteiger partial charge on any atom is -0.377 e. The molecule has 176 valence electrons. The van der Waals surface area contributed by atoms with Gasteiger partial charge in [0.2, 0.25) is 5.91 Å². The first-order valence-corrected chi connectivity index (χ1v) is 11.6. The Morgan fingerprint density at radius 1 is 1.03 bits per heavy atom. The van der Waals surface area contributed by atoms with E-state index in [4.69, 9.17) is 21.1 Å². The van der Waals surface area contributed by atoms with E-state index in [2.05, 4.69) is 5.32 Å². The maximum atomic E-state index is 12.8. The second-order valence-electron chi connectivity index (χ2n) is 8.10. The molecular formula is C26H30ClNO5. The van der Waals surface area contributed by atoms with E-state index in [0.717, 1.165) is 11.1 Å². The third-order valence-electron chi connectivity index (χ3n) is 5.54. The van der Waals surface area contributed by atoms with Crippen LogP contribution in [0.2, 0.25) is 0 Å². The molecule has 0 radical (unpaired) electrons. The van der Waals surface area contributed by atoms with Gasteiger partial charge in [0.15, 0.2) is 11.4 Å². The number of amides is 1.